The molecule has 0 atom stereocenters. The van der Waals surface area contributed by atoms with Gasteiger partial charge in [0.25, 0.3) is 0 Å². The van der Waals surface area contributed by atoms with Gasteiger partial charge < -0.3 is 5.11 Å². The Morgan fingerprint density at radius 2 is 1.27 bits per heavy atom. The molecule has 0 aliphatic rings. The van der Waals surface area contributed by atoms with Gasteiger partial charge in [0, 0.05) is 6.42 Å². The quantitative estimate of drug-likeness (QED) is 0.719. The van der Waals surface area contributed by atoms with Crippen LogP contribution < -0.4 is 0 Å². The molecule has 0 aliphatic heterocycles. The van der Waals surface area contributed by atoms with E-state index in [1.54, 1.807) is 13.8 Å². The van der Waals surface area contributed by atoms with Gasteiger partial charge in [-0.05, 0) is 34.6 Å². The normalized spacial score (nSPS) is 10.0. The Morgan fingerprint density at radius 3 is 1.27 bits per heavy atom. The molecular formula is C11H20O4. The van der Waals surface area contributed by atoms with Gasteiger partial charge in [-0.25, -0.2) is 0 Å². The Balaban J connectivity index is 0. The molecule has 0 saturated carbocycles. The number of rotatable bonds is 4. The van der Waals surface area contributed by atoms with E-state index < -0.39 is 5.60 Å². The maximum Gasteiger partial charge on any atom is 0.137 e. The summed E-state index contributed by atoms with van der Waals surface area (Å²) in [6.07, 6.45) is 0.326. The number of carbonyl (C=O) groups is 3. The maximum atomic E-state index is 10.3. The summed E-state index contributed by atoms with van der Waals surface area (Å²) < 4.78 is 0. The first kappa shape index (κ1) is 16.4. The van der Waals surface area contributed by atoms with E-state index in [4.69, 9.17) is 5.11 Å². The van der Waals surface area contributed by atoms with Crippen molar-refractivity contribution in [3.05, 3.63) is 0 Å². The van der Waals surface area contributed by atoms with Gasteiger partial charge in [0.2, 0.25) is 0 Å². The first-order valence-corrected chi connectivity index (χ1v) is 4.75. The van der Waals surface area contributed by atoms with E-state index in [-0.39, 0.29) is 30.2 Å². The summed E-state index contributed by atoms with van der Waals surface area (Å²) in [5.74, 6) is -0.0995. The molecule has 88 valence electrons. The van der Waals surface area contributed by atoms with Crippen LogP contribution in [0.3, 0.4) is 0 Å². The van der Waals surface area contributed by atoms with Gasteiger partial charge in [-0.3, -0.25) is 14.4 Å². The van der Waals surface area contributed by atoms with Crippen molar-refractivity contribution in [2.45, 2.75) is 53.1 Å². The number of carbonyl (C=O) groups excluding carboxylic acids is 3. The number of ketones is 3. The molecule has 0 radical (unpaired) electrons. The van der Waals surface area contributed by atoms with Crippen LogP contribution >= 0.6 is 0 Å². The third-order valence-corrected chi connectivity index (χ3v) is 1.18. The number of aliphatic hydroxyl groups is 1. The molecule has 0 aliphatic carbocycles. The molecule has 0 rings (SSSR count). The van der Waals surface area contributed by atoms with E-state index in [1.807, 2.05) is 0 Å². The monoisotopic (exact) mass is 216 g/mol. The lowest BCUT2D eigenvalue weighted by atomic mass is 10.0. The number of hydrogen-bond donors (Lipinski definition) is 1. The highest BCUT2D eigenvalue weighted by Gasteiger charge is 2.13. The Hall–Kier alpha value is -1.03. The van der Waals surface area contributed by atoms with Crippen molar-refractivity contribution in [2.24, 2.45) is 0 Å². The molecule has 0 bridgehead atoms. The largest absolute Gasteiger partial charge is 0.390 e. The molecule has 0 aromatic heterocycles. The second kappa shape index (κ2) is 7.29. The fraction of sp³-hybridized carbons (Fsp3) is 0.727. The predicted molar refractivity (Wildman–Crippen MR) is 57.6 cm³/mol. The van der Waals surface area contributed by atoms with Crippen molar-refractivity contribution in [1.29, 1.82) is 0 Å². The fourth-order valence-corrected chi connectivity index (χ4v) is 0.960. The van der Waals surface area contributed by atoms with Crippen LogP contribution in [-0.4, -0.2) is 28.1 Å². The average molecular weight is 216 g/mol. The van der Waals surface area contributed by atoms with Gasteiger partial charge in [-0.1, -0.05) is 0 Å². The molecule has 0 aromatic rings. The van der Waals surface area contributed by atoms with Crippen LogP contribution in [0.4, 0.5) is 0 Å². The fourth-order valence-electron chi connectivity index (χ4n) is 0.960. The van der Waals surface area contributed by atoms with Gasteiger partial charge in [0.05, 0.1) is 12.0 Å². The lowest BCUT2D eigenvalue weighted by molar-refractivity contribution is -0.125. The zero-order valence-electron chi connectivity index (χ0n) is 10.1. The molecule has 0 heterocycles. The summed E-state index contributed by atoms with van der Waals surface area (Å²) in [5.41, 5.74) is -0.828. The van der Waals surface area contributed by atoms with Crippen LogP contribution in [0.25, 0.3) is 0 Å². The Kier molecular flexibility index (Phi) is 7.97. The lowest BCUT2D eigenvalue weighted by Gasteiger charge is -2.13. The minimum atomic E-state index is -0.828. The molecule has 0 spiro atoms. The number of hydrogen-bond acceptors (Lipinski definition) is 4. The van der Waals surface area contributed by atoms with Crippen LogP contribution in [0, 0.1) is 0 Å². The SMILES string of the molecule is CC(=O)CC(C)(C)O.CC(=O)CC(C)=O. The molecule has 0 unspecified atom stereocenters. The van der Waals surface area contributed by atoms with E-state index in [1.165, 1.54) is 20.8 Å². The first-order valence-electron chi connectivity index (χ1n) is 4.75. The summed E-state index contributed by atoms with van der Waals surface area (Å²) in [7, 11) is 0. The first-order chi connectivity index (χ1) is 6.54. The second-order valence-electron chi connectivity index (χ2n) is 4.27. The van der Waals surface area contributed by atoms with Gasteiger partial charge in [-0.2, -0.15) is 0 Å². The molecule has 0 saturated heterocycles. The highest BCUT2D eigenvalue weighted by molar-refractivity contribution is 5.96. The summed E-state index contributed by atoms with van der Waals surface area (Å²) in [4.78, 5) is 30.4. The van der Waals surface area contributed by atoms with Crippen molar-refractivity contribution in [1.82, 2.24) is 0 Å². The van der Waals surface area contributed by atoms with Crippen molar-refractivity contribution in [3.63, 3.8) is 0 Å². The summed E-state index contributed by atoms with van der Waals surface area (Å²) in [6, 6.07) is 0. The van der Waals surface area contributed by atoms with E-state index in [2.05, 4.69) is 0 Å². The van der Waals surface area contributed by atoms with E-state index >= 15 is 0 Å². The van der Waals surface area contributed by atoms with Crippen molar-refractivity contribution < 1.29 is 19.5 Å². The average Bonchev–Trinajstić information content (AvgIpc) is 1.76. The minimum Gasteiger partial charge on any atom is -0.390 e. The van der Waals surface area contributed by atoms with E-state index in [0.717, 1.165) is 0 Å². The molecule has 15 heavy (non-hydrogen) atoms. The smallest absolute Gasteiger partial charge is 0.137 e. The van der Waals surface area contributed by atoms with E-state index in [9.17, 15) is 14.4 Å². The van der Waals surface area contributed by atoms with Gasteiger partial charge in [0.15, 0.2) is 0 Å². The molecule has 1 N–H and O–H groups in total. The zero-order chi connectivity index (χ0) is 12.6. The highest BCUT2D eigenvalue weighted by Crippen LogP contribution is 2.06. The summed E-state index contributed by atoms with van der Waals surface area (Å²) in [5, 5.41) is 8.97. The van der Waals surface area contributed by atoms with Crippen molar-refractivity contribution in [2.75, 3.05) is 0 Å². The lowest BCUT2D eigenvalue weighted by Crippen LogP contribution is -2.21. The predicted octanol–water partition coefficient (Wildman–Crippen LogP) is 1.29. The third-order valence-electron chi connectivity index (χ3n) is 1.18. The molecule has 0 aromatic carbocycles. The second-order valence-corrected chi connectivity index (χ2v) is 4.27. The highest BCUT2D eigenvalue weighted by atomic mass is 16.3. The Bertz CT molecular complexity index is 223. The van der Waals surface area contributed by atoms with Crippen LogP contribution in [0.15, 0.2) is 0 Å². The summed E-state index contributed by atoms with van der Waals surface area (Å²) in [6.45, 7) is 7.52. The molecule has 4 nitrogen and oxygen atoms in total. The molecule has 0 amide bonds. The zero-order valence-corrected chi connectivity index (χ0v) is 10.1. The van der Waals surface area contributed by atoms with Gasteiger partial charge in [0.1, 0.15) is 17.3 Å². The Labute approximate surface area is 90.7 Å². The standard InChI is InChI=1S/C6H12O2.C5H8O2/c1-5(7)4-6(2,3)8;1-4(6)3-5(2)7/h8H,4H2,1-3H3;3H2,1-2H3. The van der Waals surface area contributed by atoms with E-state index in [0.29, 0.717) is 0 Å². The summed E-state index contributed by atoms with van der Waals surface area (Å²) >= 11 is 0. The minimum absolute atomic E-state index is 0.0255. The molecule has 4 heteroatoms. The Morgan fingerprint density at radius 1 is 0.933 bits per heavy atom. The van der Waals surface area contributed by atoms with Crippen LogP contribution in [-0.2, 0) is 14.4 Å². The van der Waals surface area contributed by atoms with Crippen molar-refractivity contribution in [3.8, 4) is 0 Å². The number of Topliss-reactive ketones (excluding diaryl/α,β-unsaturated/α-hetero) is 3. The van der Waals surface area contributed by atoms with Crippen LogP contribution in [0.5, 0.6) is 0 Å². The van der Waals surface area contributed by atoms with Crippen LogP contribution in [0.2, 0.25) is 0 Å². The van der Waals surface area contributed by atoms with Crippen molar-refractivity contribution >= 4 is 17.3 Å². The molecular weight excluding hydrogens is 196 g/mol. The molecule has 0 fully saturated rings. The maximum absolute atomic E-state index is 10.3. The van der Waals surface area contributed by atoms with Gasteiger partial charge in [-0.15, -0.1) is 0 Å². The van der Waals surface area contributed by atoms with Gasteiger partial charge >= 0.3 is 0 Å². The third kappa shape index (κ3) is 24.6. The topological polar surface area (TPSA) is 71.4 Å². The van der Waals surface area contributed by atoms with Crippen LogP contribution in [0.1, 0.15) is 47.5 Å².